The van der Waals surface area contributed by atoms with E-state index in [4.69, 9.17) is 21.1 Å². The van der Waals surface area contributed by atoms with Crippen LogP contribution < -0.4 is 10.1 Å². The summed E-state index contributed by atoms with van der Waals surface area (Å²) in [6.45, 7) is -0.617. The highest BCUT2D eigenvalue weighted by atomic mass is 35.5. The monoisotopic (exact) mass is 359 g/mol. The molecular formula is C19H18ClNO4. The Labute approximate surface area is 150 Å². The first kappa shape index (κ1) is 17.3. The van der Waals surface area contributed by atoms with E-state index in [-0.39, 0.29) is 19.1 Å². The van der Waals surface area contributed by atoms with Crippen LogP contribution in [-0.4, -0.2) is 25.1 Å². The van der Waals surface area contributed by atoms with Crippen molar-refractivity contribution in [2.75, 3.05) is 18.5 Å². The van der Waals surface area contributed by atoms with Crippen LogP contribution in [0.2, 0.25) is 5.02 Å². The van der Waals surface area contributed by atoms with Crippen LogP contribution in [-0.2, 0) is 27.2 Å². The molecule has 0 aromatic heterocycles. The summed E-state index contributed by atoms with van der Waals surface area (Å²) in [5.41, 5.74) is 3.33. The number of rotatable bonds is 6. The molecule has 25 heavy (non-hydrogen) atoms. The summed E-state index contributed by atoms with van der Waals surface area (Å²) >= 11 is 5.76. The van der Waals surface area contributed by atoms with Gasteiger partial charge in [0.05, 0.1) is 0 Å². The van der Waals surface area contributed by atoms with Crippen molar-refractivity contribution in [2.24, 2.45) is 0 Å². The molecule has 2 aromatic rings. The third-order valence-electron chi connectivity index (χ3n) is 3.92. The molecule has 0 spiro atoms. The SMILES string of the molecule is O=C(COC(=O)COc1ccc(Cl)cc1)Nc1ccc2c(c1)CCC2. The van der Waals surface area contributed by atoms with Gasteiger partial charge in [0.15, 0.2) is 13.2 Å². The van der Waals surface area contributed by atoms with Gasteiger partial charge in [-0.3, -0.25) is 4.79 Å². The van der Waals surface area contributed by atoms with Crippen LogP contribution in [0.4, 0.5) is 5.69 Å². The maximum Gasteiger partial charge on any atom is 0.344 e. The van der Waals surface area contributed by atoms with Crippen LogP contribution in [0.3, 0.4) is 0 Å². The molecule has 0 atom stereocenters. The molecule has 0 aliphatic heterocycles. The van der Waals surface area contributed by atoms with E-state index < -0.39 is 5.97 Å². The molecule has 1 aliphatic rings. The highest BCUT2D eigenvalue weighted by Gasteiger charge is 2.13. The van der Waals surface area contributed by atoms with Gasteiger partial charge in [-0.1, -0.05) is 17.7 Å². The minimum Gasteiger partial charge on any atom is -0.482 e. The summed E-state index contributed by atoms with van der Waals surface area (Å²) in [5.74, 6) is -0.485. The van der Waals surface area contributed by atoms with E-state index in [1.165, 1.54) is 11.1 Å². The van der Waals surface area contributed by atoms with Gasteiger partial charge >= 0.3 is 5.97 Å². The number of fused-ring (bicyclic) bond motifs is 1. The molecule has 0 heterocycles. The summed E-state index contributed by atoms with van der Waals surface area (Å²) in [7, 11) is 0. The fourth-order valence-corrected chi connectivity index (χ4v) is 2.83. The topological polar surface area (TPSA) is 64.6 Å². The predicted octanol–water partition coefficient (Wildman–Crippen LogP) is 3.39. The van der Waals surface area contributed by atoms with Crippen LogP contribution >= 0.6 is 11.6 Å². The Morgan fingerprint density at radius 2 is 1.76 bits per heavy atom. The zero-order chi connectivity index (χ0) is 17.6. The van der Waals surface area contributed by atoms with Gasteiger partial charge in [0.2, 0.25) is 0 Å². The van der Waals surface area contributed by atoms with Crippen molar-refractivity contribution < 1.29 is 19.1 Å². The Morgan fingerprint density at radius 3 is 2.56 bits per heavy atom. The molecule has 0 unspecified atom stereocenters. The van der Waals surface area contributed by atoms with Gasteiger partial charge in [-0.05, 0) is 66.8 Å². The van der Waals surface area contributed by atoms with E-state index >= 15 is 0 Å². The smallest absolute Gasteiger partial charge is 0.344 e. The molecule has 0 bridgehead atoms. The number of hydrogen-bond acceptors (Lipinski definition) is 4. The van der Waals surface area contributed by atoms with Gasteiger partial charge in [-0.15, -0.1) is 0 Å². The summed E-state index contributed by atoms with van der Waals surface area (Å²) in [5, 5.41) is 3.32. The highest BCUT2D eigenvalue weighted by Crippen LogP contribution is 2.24. The quantitative estimate of drug-likeness (QED) is 0.803. The van der Waals surface area contributed by atoms with Crippen LogP contribution in [0.1, 0.15) is 17.5 Å². The molecule has 130 valence electrons. The van der Waals surface area contributed by atoms with Crippen LogP contribution in [0.5, 0.6) is 5.75 Å². The zero-order valence-electron chi connectivity index (χ0n) is 13.6. The first-order valence-corrected chi connectivity index (χ1v) is 8.43. The number of carbonyl (C=O) groups is 2. The van der Waals surface area contributed by atoms with Gasteiger partial charge < -0.3 is 14.8 Å². The maximum atomic E-state index is 11.9. The number of ether oxygens (including phenoxy) is 2. The minimum absolute atomic E-state index is 0.270. The Bertz CT molecular complexity index is 773. The molecular weight excluding hydrogens is 342 g/mol. The van der Waals surface area contributed by atoms with Gasteiger partial charge in [-0.2, -0.15) is 0 Å². The number of anilines is 1. The number of aryl methyl sites for hydroxylation is 2. The van der Waals surface area contributed by atoms with Crippen molar-refractivity contribution in [3.63, 3.8) is 0 Å². The fraction of sp³-hybridized carbons (Fsp3) is 0.263. The average Bonchev–Trinajstić information content (AvgIpc) is 3.07. The number of esters is 1. The molecule has 1 N–H and O–H groups in total. The number of benzene rings is 2. The number of amides is 1. The average molecular weight is 360 g/mol. The fourth-order valence-electron chi connectivity index (χ4n) is 2.71. The molecule has 0 saturated carbocycles. The van der Waals surface area contributed by atoms with Crippen molar-refractivity contribution in [1.82, 2.24) is 0 Å². The maximum absolute atomic E-state index is 11.9. The second kappa shape index (κ2) is 8.03. The second-order valence-corrected chi connectivity index (χ2v) is 6.22. The molecule has 5 nitrogen and oxygen atoms in total. The van der Waals surface area contributed by atoms with E-state index in [0.29, 0.717) is 10.8 Å². The summed E-state index contributed by atoms with van der Waals surface area (Å²) < 4.78 is 10.2. The van der Waals surface area contributed by atoms with Crippen LogP contribution in [0, 0.1) is 0 Å². The molecule has 0 fully saturated rings. The van der Waals surface area contributed by atoms with Crippen molar-refractivity contribution >= 4 is 29.2 Å². The van der Waals surface area contributed by atoms with Crippen LogP contribution in [0.25, 0.3) is 0 Å². The van der Waals surface area contributed by atoms with Gasteiger partial charge in [0, 0.05) is 10.7 Å². The second-order valence-electron chi connectivity index (χ2n) is 5.79. The number of halogens is 1. The Balaban J connectivity index is 1.41. The third-order valence-corrected chi connectivity index (χ3v) is 4.17. The lowest BCUT2D eigenvalue weighted by Crippen LogP contribution is -2.23. The number of nitrogens with one attached hydrogen (secondary N) is 1. The van der Waals surface area contributed by atoms with E-state index in [2.05, 4.69) is 5.32 Å². The first-order chi connectivity index (χ1) is 12.1. The van der Waals surface area contributed by atoms with Gasteiger partial charge in [-0.25, -0.2) is 4.79 Å². The van der Waals surface area contributed by atoms with E-state index in [9.17, 15) is 9.59 Å². The van der Waals surface area contributed by atoms with Crippen LogP contribution in [0.15, 0.2) is 42.5 Å². The molecule has 0 radical (unpaired) electrons. The third kappa shape index (κ3) is 4.97. The molecule has 3 rings (SSSR count). The minimum atomic E-state index is -0.612. The van der Waals surface area contributed by atoms with Crippen molar-refractivity contribution in [3.05, 3.63) is 58.6 Å². The normalized spacial score (nSPS) is 12.4. The largest absolute Gasteiger partial charge is 0.482 e. The summed E-state index contributed by atoms with van der Waals surface area (Å²) in [4.78, 5) is 23.5. The lowest BCUT2D eigenvalue weighted by molar-refractivity contribution is -0.149. The summed E-state index contributed by atoms with van der Waals surface area (Å²) in [6, 6.07) is 12.5. The number of carbonyl (C=O) groups excluding carboxylic acids is 2. The van der Waals surface area contributed by atoms with E-state index in [0.717, 1.165) is 24.9 Å². The first-order valence-electron chi connectivity index (χ1n) is 8.06. The standard InChI is InChI=1S/C19H18ClNO4/c20-15-5-8-17(9-6-15)24-12-19(23)25-11-18(22)21-16-7-4-13-2-1-3-14(13)10-16/h4-10H,1-3,11-12H2,(H,21,22). The highest BCUT2D eigenvalue weighted by molar-refractivity contribution is 6.30. The molecule has 1 aliphatic carbocycles. The summed E-state index contributed by atoms with van der Waals surface area (Å²) in [6.07, 6.45) is 3.28. The molecule has 0 saturated heterocycles. The number of hydrogen-bond donors (Lipinski definition) is 1. The van der Waals surface area contributed by atoms with Crippen molar-refractivity contribution in [1.29, 1.82) is 0 Å². The lowest BCUT2D eigenvalue weighted by atomic mass is 10.1. The van der Waals surface area contributed by atoms with E-state index in [1.807, 2.05) is 18.2 Å². The van der Waals surface area contributed by atoms with Gasteiger partial charge in [0.25, 0.3) is 5.91 Å². The van der Waals surface area contributed by atoms with E-state index in [1.54, 1.807) is 24.3 Å². The molecule has 1 amide bonds. The van der Waals surface area contributed by atoms with Crippen molar-refractivity contribution in [3.8, 4) is 5.75 Å². The van der Waals surface area contributed by atoms with Crippen molar-refractivity contribution in [2.45, 2.75) is 19.3 Å². The van der Waals surface area contributed by atoms with Gasteiger partial charge in [0.1, 0.15) is 5.75 Å². The Kier molecular flexibility index (Phi) is 5.56. The predicted molar refractivity (Wildman–Crippen MR) is 95.0 cm³/mol. The molecule has 6 heteroatoms. The lowest BCUT2D eigenvalue weighted by Gasteiger charge is -2.09. The zero-order valence-corrected chi connectivity index (χ0v) is 14.3. The Hall–Kier alpha value is -2.53. The Morgan fingerprint density at radius 1 is 1.00 bits per heavy atom. The molecule has 2 aromatic carbocycles.